The highest BCUT2D eigenvalue weighted by Crippen LogP contribution is 2.37. The average molecular weight is 354 g/mol. The summed E-state index contributed by atoms with van der Waals surface area (Å²) in [4.78, 5) is 11.0. The Morgan fingerprint density at radius 2 is 1.58 bits per heavy atom. The van der Waals surface area contributed by atoms with Crippen LogP contribution in [0.2, 0.25) is 0 Å². The molecule has 26 heavy (non-hydrogen) atoms. The van der Waals surface area contributed by atoms with Crippen molar-refractivity contribution in [3.05, 3.63) is 72.4 Å². The summed E-state index contributed by atoms with van der Waals surface area (Å²) in [6, 6.07) is 23.4. The van der Waals surface area contributed by atoms with Crippen LogP contribution < -0.4 is 0 Å². The fourth-order valence-electron chi connectivity index (χ4n) is 3.53. The van der Waals surface area contributed by atoms with Crippen molar-refractivity contribution in [3.8, 4) is 11.4 Å². The minimum Gasteiger partial charge on any atom is -0.232 e. The molecule has 0 fully saturated rings. The van der Waals surface area contributed by atoms with Crippen LogP contribution in [-0.4, -0.2) is 9.97 Å². The molecule has 0 N–H and O–H groups in total. The summed E-state index contributed by atoms with van der Waals surface area (Å²) >= 11 is 1.75. The molecule has 0 saturated heterocycles. The lowest BCUT2D eigenvalue weighted by atomic mass is 10.0. The highest BCUT2D eigenvalue weighted by Gasteiger charge is 2.17. The van der Waals surface area contributed by atoms with Crippen LogP contribution >= 0.6 is 11.3 Å². The van der Waals surface area contributed by atoms with Crippen LogP contribution in [0.4, 0.5) is 0 Å². The van der Waals surface area contributed by atoms with E-state index >= 15 is 0 Å². The van der Waals surface area contributed by atoms with Crippen molar-refractivity contribution in [1.29, 1.82) is 0 Å². The van der Waals surface area contributed by atoms with Crippen LogP contribution in [0.5, 0.6) is 0 Å². The van der Waals surface area contributed by atoms with Crippen molar-refractivity contribution in [2.45, 2.75) is 19.8 Å². The van der Waals surface area contributed by atoms with Gasteiger partial charge in [-0.05, 0) is 28.8 Å². The Balaban J connectivity index is 1.81. The minimum atomic E-state index is 0.345. The fraction of sp³-hybridized carbons (Fsp3) is 0.130. The molecule has 5 rings (SSSR count). The van der Waals surface area contributed by atoms with Crippen molar-refractivity contribution in [2.24, 2.45) is 0 Å². The molecule has 2 heterocycles. The quantitative estimate of drug-likeness (QED) is 0.349. The topological polar surface area (TPSA) is 25.8 Å². The maximum absolute atomic E-state index is 5.00. The molecule has 0 spiro atoms. The van der Waals surface area contributed by atoms with E-state index in [0.717, 1.165) is 21.9 Å². The van der Waals surface area contributed by atoms with E-state index in [2.05, 4.69) is 80.6 Å². The number of nitrogens with zero attached hydrogens (tertiary/aromatic N) is 2. The Kier molecular flexibility index (Phi) is 3.50. The van der Waals surface area contributed by atoms with E-state index in [9.17, 15) is 0 Å². The van der Waals surface area contributed by atoms with Gasteiger partial charge in [0.25, 0.3) is 0 Å². The van der Waals surface area contributed by atoms with Gasteiger partial charge >= 0.3 is 0 Å². The van der Waals surface area contributed by atoms with Gasteiger partial charge in [0.05, 0.1) is 5.69 Å². The van der Waals surface area contributed by atoms with Gasteiger partial charge in [0, 0.05) is 21.0 Å². The molecule has 0 aliphatic heterocycles. The molecule has 3 heteroatoms. The Hall–Kier alpha value is -2.78. The van der Waals surface area contributed by atoms with Gasteiger partial charge < -0.3 is 0 Å². The summed E-state index contributed by atoms with van der Waals surface area (Å²) in [5, 5.41) is 4.94. The maximum atomic E-state index is 5.00. The number of aromatic nitrogens is 2. The maximum Gasteiger partial charge on any atom is 0.161 e. The van der Waals surface area contributed by atoms with E-state index < -0.39 is 0 Å². The lowest BCUT2D eigenvalue weighted by Crippen LogP contribution is -1.98. The summed E-state index contributed by atoms with van der Waals surface area (Å²) in [5.41, 5.74) is 2.21. The third kappa shape index (κ3) is 2.39. The van der Waals surface area contributed by atoms with Crippen molar-refractivity contribution in [2.75, 3.05) is 0 Å². The van der Waals surface area contributed by atoms with Crippen molar-refractivity contribution < 1.29 is 0 Å². The van der Waals surface area contributed by atoms with Crippen LogP contribution in [0.3, 0.4) is 0 Å². The summed E-state index contributed by atoms with van der Waals surface area (Å²) in [5.74, 6) is 1.16. The van der Waals surface area contributed by atoms with Crippen LogP contribution in [0.25, 0.3) is 42.5 Å². The van der Waals surface area contributed by atoms with Crippen LogP contribution in [-0.2, 0) is 0 Å². The summed E-state index contributed by atoms with van der Waals surface area (Å²) in [7, 11) is 0. The van der Waals surface area contributed by atoms with Crippen LogP contribution in [0, 0.1) is 0 Å². The van der Waals surface area contributed by atoms with Crippen molar-refractivity contribution in [3.63, 3.8) is 0 Å². The third-order valence-electron chi connectivity index (χ3n) is 4.82. The number of thiophene rings is 1. The zero-order valence-corrected chi connectivity index (χ0v) is 15.5. The molecule has 0 atom stereocenters. The van der Waals surface area contributed by atoms with E-state index in [1.165, 1.54) is 26.2 Å². The Labute approximate surface area is 156 Å². The van der Waals surface area contributed by atoms with Gasteiger partial charge in [-0.2, -0.15) is 0 Å². The third-order valence-corrected chi connectivity index (χ3v) is 5.89. The first kappa shape index (κ1) is 15.5. The monoisotopic (exact) mass is 354 g/mol. The predicted octanol–water partition coefficient (Wildman–Crippen LogP) is 6.79. The molecular weight excluding hydrogens is 336 g/mol. The first-order valence-electron chi connectivity index (χ1n) is 8.89. The molecular formula is C23H18N2S. The van der Waals surface area contributed by atoms with Gasteiger partial charge in [-0.25, -0.2) is 9.97 Å². The first-order chi connectivity index (χ1) is 12.7. The number of hydrogen-bond acceptors (Lipinski definition) is 3. The number of hydrogen-bond donors (Lipinski definition) is 0. The van der Waals surface area contributed by atoms with Crippen molar-refractivity contribution >= 4 is 42.4 Å². The number of fused-ring (bicyclic) bond motifs is 4. The summed E-state index contributed by atoms with van der Waals surface area (Å²) in [6.45, 7) is 4.41. The zero-order chi connectivity index (χ0) is 17.7. The Morgan fingerprint density at radius 1 is 0.808 bits per heavy atom. The van der Waals surface area contributed by atoms with E-state index in [0.29, 0.717) is 5.92 Å². The molecule has 0 radical (unpaired) electrons. The molecule has 0 amide bonds. The van der Waals surface area contributed by atoms with E-state index in [1.54, 1.807) is 11.3 Å². The molecule has 0 bridgehead atoms. The second-order valence-corrected chi connectivity index (χ2v) is 7.96. The van der Waals surface area contributed by atoms with E-state index in [4.69, 9.17) is 9.97 Å². The van der Waals surface area contributed by atoms with E-state index in [1.807, 2.05) is 0 Å². The zero-order valence-electron chi connectivity index (χ0n) is 14.7. The molecule has 0 aliphatic rings. The molecule has 2 aromatic heterocycles. The average Bonchev–Trinajstić information content (AvgIpc) is 3.05. The molecule has 2 nitrogen and oxygen atoms in total. The number of benzene rings is 3. The fourth-order valence-corrected chi connectivity index (χ4v) is 4.61. The molecule has 0 saturated carbocycles. The van der Waals surface area contributed by atoms with Crippen LogP contribution in [0.1, 0.15) is 25.5 Å². The number of rotatable bonds is 2. The van der Waals surface area contributed by atoms with Gasteiger partial charge in [-0.1, -0.05) is 68.4 Å². The van der Waals surface area contributed by atoms with Gasteiger partial charge in [0.1, 0.15) is 4.83 Å². The molecule has 0 aliphatic carbocycles. The van der Waals surface area contributed by atoms with Gasteiger partial charge in [-0.3, -0.25) is 0 Å². The SMILES string of the molecule is CC(C)c1nc(-c2ccc3ccccc3c2)nc2sc3ccccc3c12. The smallest absolute Gasteiger partial charge is 0.161 e. The van der Waals surface area contributed by atoms with E-state index in [-0.39, 0.29) is 0 Å². The van der Waals surface area contributed by atoms with Gasteiger partial charge in [0.15, 0.2) is 5.82 Å². The minimum absolute atomic E-state index is 0.345. The lowest BCUT2D eigenvalue weighted by molar-refractivity contribution is 0.832. The van der Waals surface area contributed by atoms with Crippen LogP contribution in [0.15, 0.2) is 66.7 Å². The molecule has 0 unspecified atom stereocenters. The first-order valence-corrected chi connectivity index (χ1v) is 9.71. The van der Waals surface area contributed by atoms with Crippen molar-refractivity contribution in [1.82, 2.24) is 9.97 Å². The molecule has 3 aromatic carbocycles. The summed E-state index contributed by atoms with van der Waals surface area (Å²) in [6.07, 6.45) is 0. The summed E-state index contributed by atoms with van der Waals surface area (Å²) < 4.78 is 1.27. The largest absolute Gasteiger partial charge is 0.232 e. The Morgan fingerprint density at radius 3 is 2.42 bits per heavy atom. The molecule has 5 aromatic rings. The van der Waals surface area contributed by atoms with Gasteiger partial charge in [-0.15, -0.1) is 11.3 Å². The highest BCUT2D eigenvalue weighted by molar-refractivity contribution is 7.25. The predicted molar refractivity (Wildman–Crippen MR) is 112 cm³/mol. The van der Waals surface area contributed by atoms with Gasteiger partial charge in [0.2, 0.25) is 0 Å². The lowest BCUT2D eigenvalue weighted by Gasteiger charge is -2.10. The molecule has 126 valence electrons. The normalized spacial score (nSPS) is 11.8. The second-order valence-electron chi connectivity index (χ2n) is 6.93. The highest BCUT2D eigenvalue weighted by atomic mass is 32.1. The second kappa shape index (κ2) is 5.89. The Bertz CT molecular complexity index is 1270. The standard InChI is InChI=1S/C23H18N2S/c1-14(2)21-20-18-9-5-6-10-19(18)26-23(20)25-22(24-21)17-12-11-15-7-3-4-8-16(15)13-17/h3-14H,1-2H3.